The average molecular weight is 299 g/mol. The predicted molar refractivity (Wildman–Crippen MR) is 82.3 cm³/mol. The summed E-state index contributed by atoms with van der Waals surface area (Å²) in [6.07, 6.45) is 9.05. The van der Waals surface area contributed by atoms with Crippen molar-refractivity contribution in [3.63, 3.8) is 0 Å². The quantitative estimate of drug-likeness (QED) is 0.944. The summed E-state index contributed by atoms with van der Waals surface area (Å²) in [6.45, 7) is 0.864. The zero-order valence-corrected chi connectivity index (χ0v) is 12.6. The molecule has 1 atom stereocenters. The molecule has 1 saturated carbocycles. The predicted octanol–water partition coefficient (Wildman–Crippen LogP) is 3.46. The van der Waals surface area contributed by atoms with E-state index in [1.54, 1.807) is 12.3 Å². The Bertz CT molecular complexity index is 641. The van der Waals surface area contributed by atoms with E-state index in [1.165, 1.54) is 25.7 Å². The third-order valence-corrected chi connectivity index (χ3v) is 5.09. The van der Waals surface area contributed by atoms with Crippen molar-refractivity contribution in [2.75, 3.05) is 6.54 Å². The van der Waals surface area contributed by atoms with Gasteiger partial charge in [-0.2, -0.15) is 5.10 Å². The molecule has 116 valence electrons. The van der Waals surface area contributed by atoms with E-state index >= 15 is 0 Å². The van der Waals surface area contributed by atoms with Crippen LogP contribution < -0.4 is 0 Å². The van der Waals surface area contributed by atoms with E-state index in [0.29, 0.717) is 23.4 Å². The summed E-state index contributed by atoms with van der Waals surface area (Å²) in [6, 6.07) is 5.90. The van der Waals surface area contributed by atoms with Crippen molar-refractivity contribution in [2.24, 2.45) is 5.92 Å². The van der Waals surface area contributed by atoms with Crippen LogP contribution in [0.2, 0.25) is 0 Å². The first-order valence-corrected chi connectivity index (χ1v) is 8.23. The number of H-pyrrole nitrogens is 1. The second-order valence-electron chi connectivity index (χ2n) is 6.40. The van der Waals surface area contributed by atoms with Gasteiger partial charge in [0.2, 0.25) is 0 Å². The van der Waals surface area contributed by atoms with Crippen LogP contribution in [0, 0.1) is 5.92 Å². The van der Waals surface area contributed by atoms with Crippen LogP contribution in [0.15, 0.2) is 28.9 Å². The molecule has 22 heavy (non-hydrogen) atoms. The molecule has 1 aliphatic carbocycles. The maximum absolute atomic E-state index is 12.8. The molecule has 4 rings (SSSR count). The number of hydrogen-bond donors (Lipinski definition) is 1. The zero-order chi connectivity index (χ0) is 14.9. The number of hydrogen-bond acceptors (Lipinski definition) is 3. The number of rotatable bonds is 3. The highest BCUT2D eigenvalue weighted by Crippen LogP contribution is 2.36. The molecule has 0 radical (unpaired) electrons. The van der Waals surface area contributed by atoms with Gasteiger partial charge < -0.3 is 9.32 Å². The minimum atomic E-state index is 0.0588. The third-order valence-electron chi connectivity index (χ3n) is 5.09. The van der Waals surface area contributed by atoms with Crippen LogP contribution in [0.3, 0.4) is 0 Å². The number of aromatic nitrogens is 2. The van der Waals surface area contributed by atoms with Crippen molar-refractivity contribution in [1.82, 2.24) is 15.1 Å². The Kier molecular flexibility index (Phi) is 3.48. The molecule has 5 nitrogen and oxygen atoms in total. The Labute approximate surface area is 129 Å². The summed E-state index contributed by atoms with van der Waals surface area (Å²) >= 11 is 0. The Balaban J connectivity index is 1.53. The second kappa shape index (κ2) is 5.63. The molecule has 2 fully saturated rings. The molecule has 0 spiro atoms. The number of nitrogens with zero attached hydrogens (tertiary/aromatic N) is 2. The van der Waals surface area contributed by atoms with Crippen molar-refractivity contribution in [3.05, 3.63) is 30.2 Å². The van der Waals surface area contributed by atoms with E-state index in [-0.39, 0.29) is 5.91 Å². The van der Waals surface area contributed by atoms with Crippen molar-refractivity contribution >= 4 is 5.91 Å². The van der Waals surface area contributed by atoms with Crippen LogP contribution in [0.25, 0.3) is 11.5 Å². The van der Waals surface area contributed by atoms with E-state index in [0.717, 1.165) is 25.1 Å². The molecule has 1 saturated heterocycles. The van der Waals surface area contributed by atoms with Crippen LogP contribution in [0.1, 0.15) is 49.0 Å². The number of amides is 1. The van der Waals surface area contributed by atoms with Gasteiger partial charge in [0.05, 0.1) is 6.26 Å². The number of likely N-dealkylation sites (tertiary alicyclic amines) is 1. The molecule has 1 amide bonds. The van der Waals surface area contributed by atoms with Crippen molar-refractivity contribution in [3.8, 4) is 11.5 Å². The maximum Gasteiger partial charge on any atom is 0.274 e. The van der Waals surface area contributed by atoms with Crippen LogP contribution in [-0.2, 0) is 0 Å². The summed E-state index contributed by atoms with van der Waals surface area (Å²) in [5.41, 5.74) is 1.25. The minimum Gasteiger partial charge on any atom is -0.463 e. The number of nitrogens with one attached hydrogen (secondary N) is 1. The highest BCUT2D eigenvalue weighted by molar-refractivity contribution is 5.93. The maximum atomic E-state index is 12.8. The van der Waals surface area contributed by atoms with Crippen LogP contribution in [0.4, 0.5) is 0 Å². The molecular weight excluding hydrogens is 278 g/mol. The first-order valence-electron chi connectivity index (χ1n) is 8.23. The van der Waals surface area contributed by atoms with Gasteiger partial charge in [0.25, 0.3) is 5.91 Å². The standard InChI is InChI=1S/C17H21N3O2/c21-17(14-11-13(18-19-14)16-8-4-10-22-16)20-9-3-7-15(20)12-5-1-2-6-12/h4,8,10-12,15H,1-3,5-7,9H2,(H,18,19)/t15-/m1/s1. The minimum absolute atomic E-state index is 0.0588. The zero-order valence-electron chi connectivity index (χ0n) is 12.6. The lowest BCUT2D eigenvalue weighted by molar-refractivity contribution is 0.0683. The number of carbonyl (C=O) groups excluding carboxylic acids is 1. The van der Waals surface area contributed by atoms with E-state index < -0.39 is 0 Å². The summed E-state index contributed by atoms with van der Waals surface area (Å²) in [4.78, 5) is 14.9. The van der Waals surface area contributed by atoms with Gasteiger partial charge in [-0.1, -0.05) is 12.8 Å². The fraction of sp³-hybridized carbons (Fsp3) is 0.529. The van der Waals surface area contributed by atoms with Crippen LogP contribution in [-0.4, -0.2) is 33.6 Å². The van der Waals surface area contributed by atoms with Gasteiger partial charge in [0, 0.05) is 18.7 Å². The molecule has 1 N–H and O–H groups in total. The largest absolute Gasteiger partial charge is 0.463 e. The second-order valence-corrected chi connectivity index (χ2v) is 6.40. The summed E-state index contributed by atoms with van der Waals surface area (Å²) < 4.78 is 5.34. The van der Waals surface area contributed by atoms with Gasteiger partial charge in [-0.05, 0) is 43.7 Å². The third kappa shape index (κ3) is 2.34. The highest BCUT2D eigenvalue weighted by Gasteiger charge is 2.36. The molecule has 2 aromatic rings. The van der Waals surface area contributed by atoms with Crippen molar-refractivity contribution in [2.45, 2.75) is 44.6 Å². The van der Waals surface area contributed by atoms with E-state index in [2.05, 4.69) is 15.1 Å². The highest BCUT2D eigenvalue weighted by atomic mass is 16.3. The molecule has 0 aromatic carbocycles. The molecular formula is C17H21N3O2. The lowest BCUT2D eigenvalue weighted by atomic mass is 9.96. The van der Waals surface area contributed by atoms with Gasteiger partial charge in [-0.25, -0.2) is 0 Å². The van der Waals surface area contributed by atoms with E-state index in [9.17, 15) is 4.79 Å². The van der Waals surface area contributed by atoms with Gasteiger partial charge >= 0.3 is 0 Å². The molecule has 0 bridgehead atoms. The van der Waals surface area contributed by atoms with Gasteiger partial charge in [-0.3, -0.25) is 9.89 Å². The molecule has 5 heteroatoms. The number of carbonyl (C=O) groups is 1. The van der Waals surface area contributed by atoms with Gasteiger partial charge in [-0.15, -0.1) is 0 Å². The number of furan rings is 1. The molecule has 0 unspecified atom stereocenters. The average Bonchev–Trinajstić information content (AvgIpc) is 3.35. The number of aromatic amines is 1. The SMILES string of the molecule is O=C(c1cc(-c2ccco2)[nH]n1)N1CCC[C@@H]1C1CCCC1. The van der Waals surface area contributed by atoms with Gasteiger partial charge in [0.1, 0.15) is 5.69 Å². The van der Waals surface area contributed by atoms with Crippen LogP contribution in [0.5, 0.6) is 0 Å². The van der Waals surface area contributed by atoms with Crippen LogP contribution >= 0.6 is 0 Å². The monoisotopic (exact) mass is 299 g/mol. The molecule has 3 heterocycles. The van der Waals surface area contributed by atoms with E-state index in [1.807, 2.05) is 12.1 Å². The summed E-state index contributed by atoms with van der Waals surface area (Å²) in [5, 5.41) is 7.11. The normalized spacial score (nSPS) is 22.5. The Morgan fingerprint density at radius 3 is 2.91 bits per heavy atom. The Hall–Kier alpha value is -2.04. The smallest absolute Gasteiger partial charge is 0.274 e. The fourth-order valence-electron chi connectivity index (χ4n) is 4.01. The summed E-state index contributed by atoms with van der Waals surface area (Å²) in [5.74, 6) is 1.46. The summed E-state index contributed by atoms with van der Waals surface area (Å²) in [7, 11) is 0. The molecule has 1 aliphatic heterocycles. The lowest BCUT2D eigenvalue weighted by Gasteiger charge is -2.28. The Morgan fingerprint density at radius 1 is 1.27 bits per heavy atom. The molecule has 2 aliphatic rings. The topological polar surface area (TPSA) is 62.1 Å². The van der Waals surface area contributed by atoms with Gasteiger partial charge in [0.15, 0.2) is 11.5 Å². The van der Waals surface area contributed by atoms with Crippen molar-refractivity contribution in [1.29, 1.82) is 0 Å². The molecule has 2 aromatic heterocycles. The Morgan fingerprint density at radius 2 is 2.14 bits per heavy atom. The fourth-order valence-corrected chi connectivity index (χ4v) is 4.01. The van der Waals surface area contributed by atoms with E-state index in [4.69, 9.17) is 4.42 Å². The first-order chi connectivity index (χ1) is 10.8. The van der Waals surface area contributed by atoms with Crippen molar-refractivity contribution < 1.29 is 9.21 Å². The lowest BCUT2D eigenvalue weighted by Crippen LogP contribution is -2.39. The first kappa shape index (κ1) is 13.6.